The van der Waals surface area contributed by atoms with E-state index in [2.05, 4.69) is 34.8 Å². The molecule has 1 aromatic carbocycles. The fourth-order valence-corrected chi connectivity index (χ4v) is 3.17. The first-order valence-electron chi connectivity index (χ1n) is 7.73. The maximum absolute atomic E-state index is 6.44. The predicted molar refractivity (Wildman–Crippen MR) is 87.2 cm³/mol. The molecular weight excluding hydrogens is 282 g/mol. The lowest BCUT2D eigenvalue weighted by atomic mass is 10.0. The summed E-state index contributed by atoms with van der Waals surface area (Å²) in [7, 11) is 0. The summed E-state index contributed by atoms with van der Waals surface area (Å²) in [5.74, 6) is 0. The molecule has 0 saturated carbocycles. The van der Waals surface area contributed by atoms with Crippen LogP contribution < -0.4 is 5.32 Å². The van der Waals surface area contributed by atoms with Gasteiger partial charge < -0.3 is 9.88 Å². The Kier molecular flexibility index (Phi) is 4.32. The number of nitrogens with zero attached hydrogens (tertiary/aromatic N) is 2. The molecule has 0 fully saturated rings. The zero-order valence-electron chi connectivity index (χ0n) is 12.7. The van der Waals surface area contributed by atoms with Gasteiger partial charge in [0.05, 0.1) is 17.7 Å². The highest BCUT2D eigenvalue weighted by molar-refractivity contribution is 6.31. The van der Waals surface area contributed by atoms with Gasteiger partial charge in [0.25, 0.3) is 0 Å². The minimum Gasteiger partial charge on any atom is -0.310 e. The van der Waals surface area contributed by atoms with Gasteiger partial charge in [-0.2, -0.15) is 0 Å². The molecule has 1 heterocycles. The molecule has 1 aliphatic rings. The number of aromatic nitrogens is 2. The number of rotatable bonds is 4. The first-order chi connectivity index (χ1) is 10.2. The molecule has 0 radical (unpaired) electrons. The van der Waals surface area contributed by atoms with E-state index in [1.807, 2.05) is 18.5 Å². The summed E-state index contributed by atoms with van der Waals surface area (Å²) in [6.45, 7) is 5.07. The van der Waals surface area contributed by atoms with E-state index in [4.69, 9.17) is 11.6 Å². The average molecular weight is 304 g/mol. The number of aryl methyl sites for hydroxylation is 1. The Morgan fingerprint density at radius 1 is 1.29 bits per heavy atom. The van der Waals surface area contributed by atoms with Crippen LogP contribution in [0.25, 0.3) is 5.69 Å². The summed E-state index contributed by atoms with van der Waals surface area (Å²) >= 11 is 6.44. The maximum Gasteiger partial charge on any atom is 0.0997 e. The van der Waals surface area contributed by atoms with E-state index in [0.717, 1.165) is 35.7 Å². The second-order valence-electron chi connectivity index (χ2n) is 5.99. The molecule has 1 aliphatic carbocycles. The van der Waals surface area contributed by atoms with E-state index < -0.39 is 0 Å². The predicted octanol–water partition coefficient (Wildman–Crippen LogP) is 3.90. The Morgan fingerprint density at radius 3 is 2.90 bits per heavy atom. The summed E-state index contributed by atoms with van der Waals surface area (Å²) in [4.78, 5) is 4.60. The van der Waals surface area contributed by atoms with Crippen LogP contribution in [-0.2, 0) is 19.4 Å². The normalized spacial score (nSPS) is 14.5. The number of benzene rings is 1. The van der Waals surface area contributed by atoms with Gasteiger partial charge in [-0.05, 0) is 37.8 Å². The van der Waals surface area contributed by atoms with Crippen molar-refractivity contribution in [2.24, 2.45) is 0 Å². The summed E-state index contributed by atoms with van der Waals surface area (Å²) in [5.41, 5.74) is 4.92. The van der Waals surface area contributed by atoms with Gasteiger partial charge in [-0.15, -0.1) is 0 Å². The first-order valence-corrected chi connectivity index (χ1v) is 8.11. The van der Waals surface area contributed by atoms with Crippen LogP contribution in [0.2, 0.25) is 5.02 Å². The summed E-state index contributed by atoms with van der Waals surface area (Å²) in [5, 5.41) is 4.29. The van der Waals surface area contributed by atoms with E-state index in [9.17, 15) is 0 Å². The maximum atomic E-state index is 6.44. The fraction of sp³-hybridized carbons (Fsp3) is 0.471. The monoisotopic (exact) mass is 303 g/mol. The van der Waals surface area contributed by atoms with Crippen molar-refractivity contribution < 1.29 is 0 Å². The first kappa shape index (κ1) is 14.6. The Morgan fingerprint density at radius 2 is 2.10 bits per heavy atom. The third-order valence-electron chi connectivity index (χ3n) is 4.07. The number of hydrogen-bond acceptors (Lipinski definition) is 2. The molecule has 1 N–H and O–H groups in total. The van der Waals surface area contributed by atoms with Gasteiger partial charge in [-0.1, -0.05) is 31.5 Å². The number of halogens is 1. The molecule has 0 saturated heterocycles. The van der Waals surface area contributed by atoms with Crippen LogP contribution in [0.15, 0.2) is 24.5 Å². The zero-order valence-corrected chi connectivity index (χ0v) is 13.5. The Labute approximate surface area is 131 Å². The van der Waals surface area contributed by atoms with E-state index >= 15 is 0 Å². The number of fused-ring (bicyclic) bond motifs is 1. The van der Waals surface area contributed by atoms with Gasteiger partial charge in [0.2, 0.25) is 0 Å². The molecule has 0 aliphatic heterocycles. The van der Waals surface area contributed by atoms with Gasteiger partial charge in [0, 0.05) is 28.9 Å². The van der Waals surface area contributed by atoms with E-state index in [-0.39, 0.29) is 0 Å². The molecule has 0 atom stereocenters. The quantitative estimate of drug-likeness (QED) is 0.928. The van der Waals surface area contributed by atoms with Gasteiger partial charge in [0.1, 0.15) is 0 Å². The minimum atomic E-state index is 0.436. The lowest BCUT2D eigenvalue weighted by molar-refractivity contribution is 0.586. The second kappa shape index (κ2) is 6.20. The van der Waals surface area contributed by atoms with Crippen molar-refractivity contribution in [2.45, 2.75) is 52.1 Å². The van der Waals surface area contributed by atoms with Crippen molar-refractivity contribution >= 4 is 11.6 Å². The Balaban J connectivity index is 2.02. The van der Waals surface area contributed by atoms with Crippen LogP contribution >= 0.6 is 11.6 Å². The van der Waals surface area contributed by atoms with E-state index in [1.165, 1.54) is 24.2 Å². The topological polar surface area (TPSA) is 29.9 Å². The molecule has 0 spiro atoms. The standard InChI is InChI=1S/C17H22ClN3/c1-12(2)19-10-13-14(18)6-5-9-16(13)21-11-20-15-7-3-4-8-17(15)21/h5-6,9,11-12,19H,3-4,7-8,10H2,1-2H3. The van der Waals surface area contributed by atoms with Crippen molar-refractivity contribution in [3.8, 4) is 5.69 Å². The largest absolute Gasteiger partial charge is 0.310 e. The number of nitrogens with one attached hydrogen (secondary N) is 1. The van der Waals surface area contributed by atoms with Crippen LogP contribution in [0.4, 0.5) is 0 Å². The third kappa shape index (κ3) is 2.99. The third-order valence-corrected chi connectivity index (χ3v) is 4.42. The van der Waals surface area contributed by atoms with E-state index in [1.54, 1.807) is 0 Å². The summed E-state index contributed by atoms with van der Waals surface area (Å²) in [6, 6.07) is 6.56. The van der Waals surface area contributed by atoms with Crippen molar-refractivity contribution in [3.05, 3.63) is 46.5 Å². The van der Waals surface area contributed by atoms with Gasteiger partial charge in [0.15, 0.2) is 0 Å². The molecule has 3 rings (SSSR count). The lowest BCUT2D eigenvalue weighted by Crippen LogP contribution is -2.23. The van der Waals surface area contributed by atoms with Gasteiger partial charge in [-0.3, -0.25) is 0 Å². The second-order valence-corrected chi connectivity index (χ2v) is 6.40. The highest BCUT2D eigenvalue weighted by Crippen LogP contribution is 2.28. The molecule has 21 heavy (non-hydrogen) atoms. The minimum absolute atomic E-state index is 0.436. The van der Waals surface area contributed by atoms with Crippen LogP contribution in [0.1, 0.15) is 43.6 Å². The molecule has 0 amide bonds. The smallest absolute Gasteiger partial charge is 0.0997 e. The molecule has 0 unspecified atom stereocenters. The highest BCUT2D eigenvalue weighted by atomic mass is 35.5. The van der Waals surface area contributed by atoms with Gasteiger partial charge >= 0.3 is 0 Å². The van der Waals surface area contributed by atoms with Crippen molar-refractivity contribution in [1.82, 2.24) is 14.9 Å². The van der Waals surface area contributed by atoms with E-state index in [0.29, 0.717) is 6.04 Å². The lowest BCUT2D eigenvalue weighted by Gasteiger charge is -2.18. The molecule has 2 aromatic rings. The van der Waals surface area contributed by atoms with Crippen LogP contribution in [0.5, 0.6) is 0 Å². The highest BCUT2D eigenvalue weighted by Gasteiger charge is 2.18. The number of hydrogen-bond donors (Lipinski definition) is 1. The van der Waals surface area contributed by atoms with Crippen molar-refractivity contribution in [2.75, 3.05) is 0 Å². The molecule has 3 nitrogen and oxygen atoms in total. The van der Waals surface area contributed by atoms with Crippen LogP contribution in [0, 0.1) is 0 Å². The molecule has 0 bridgehead atoms. The number of imidazole rings is 1. The van der Waals surface area contributed by atoms with Crippen molar-refractivity contribution in [3.63, 3.8) is 0 Å². The molecular formula is C17H22ClN3. The zero-order chi connectivity index (χ0) is 14.8. The summed E-state index contributed by atoms with van der Waals surface area (Å²) < 4.78 is 2.23. The SMILES string of the molecule is CC(C)NCc1c(Cl)cccc1-n1cnc2c1CCCC2. The average Bonchev–Trinajstić information content (AvgIpc) is 2.89. The van der Waals surface area contributed by atoms with Crippen LogP contribution in [-0.4, -0.2) is 15.6 Å². The summed E-state index contributed by atoms with van der Waals surface area (Å²) in [6.07, 6.45) is 6.67. The van der Waals surface area contributed by atoms with Crippen LogP contribution in [0.3, 0.4) is 0 Å². The van der Waals surface area contributed by atoms with Crippen molar-refractivity contribution in [1.29, 1.82) is 0 Å². The molecule has 4 heteroatoms. The fourth-order valence-electron chi connectivity index (χ4n) is 2.93. The van der Waals surface area contributed by atoms with Gasteiger partial charge in [-0.25, -0.2) is 4.98 Å². The Bertz CT molecular complexity index is 631. The Hall–Kier alpha value is -1.32. The molecule has 112 valence electrons. The molecule has 1 aromatic heterocycles.